The molecule has 0 aliphatic carbocycles. The van der Waals surface area contributed by atoms with E-state index >= 15 is 8.78 Å². The van der Waals surface area contributed by atoms with Gasteiger partial charge in [0.1, 0.15) is 22.8 Å². The van der Waals surface area contributed by atoms with Gasteiger partial charge in [-0.1, -0.05) is 77.4 Å². The minimum Gasteiger partial charge on any atom is -0.495 e. The molecule has 0 radical (unpaired) electrons. The highest BCUT2D eigenvalue weighted by molar-refractivity contribution is 6.30. The van der Waals surface area contributed by atoms with E-state index in [4.69, 9.17) is 16.3 Å². The van der Waals surface area contributed by atoms with Gasteiger partial charge in [-0.05, 0) is 60.2 Å². The highest BCUT2D eigenvalue weighted by atomic mass is 35.5. The number of hydrogen-bond donors (Lipinski definition) is 2. The van der Waals surface area contributed by atoms with Crippen molar-refractivity contribution in [3.63, 3.8) is 0 Å². The van der Waals surface area contributed by atoms with Crippen LogP contribution >= 0.6 is 11.6 Å². The maximum atomic E-state index is 15.9. The average Bonchev–Trinajstić information content (AvgIpc) is 3.26. The van der Waals surface area contributed by atoms with Crippen LogP contribution < -0.4 is 15.4 Å². The molecule has 2 N–H and O–H groups in total. The van der Waals surface area contributed by atoms with Gasteiger partial charge >= 0.3 is 0 Å². The lowest BCUT2D eigenvalue weighted by Gasteiger charge is -2.37. The third-order valence-corrected chi connectivity index (χ3v) is 8.62. The van der Waals surface area contributed by atoms with E-state index in [0.29, 0.717) is 17.5 Å². The Hall–Kier alpha value is -3.80. The first-order valence-corrected chi connectivity index (χ1v) is 15.2. The molecular weight excluding hydrogens is 596 g/mol. The molecule has 4 rings (SSSR count). The first-order valence-electron chi connectivity index (χ1n) is 14.9. The molecule has 0 unspecified atom stereocenters. The van der Waals surface area contributed by atoms with E-state index in [1.807, 2.05) is 41.5 Å². The third-order valence-electron chi connectivity index (χ3n) is 8.33. The molecule has 238 valence electrons. The van der Waals surface area contributed by atoms with Crippen molar-refractivity contribution in [1.82, 2.24) is 5.32 Å². The number of amides is 1. The first kappa shape index (κ1) is 34.1. The number of rotatable bonds is 7. The zero-order valence-corrected chi connectivity index (χ0v) is 27.7. The summed E-state index contributed by atoms with van der Waals surface area (Å²) in [6.07, 6.45) is 0.364. The lowest BCUT2D eigenvalue weighted by atomic mass is 9.62. The standard InChI is InChI=1S/C36H40ClF2N3O3/c1-20-12-14-23(25(38)16-20)36(19-40)28(18-34(2,3)4)42-31(29(36)22-10-9-11-24(37)30(22)39)33(44)41-26-15-13-21(17-27(26)45-8)32(43)35(5,6)7/h9-17,28-29,31,42H,18H2,1-8H3,(H,41,44)/t28-,29-,31+,36-/m0/s1. The van der Waals surface area contributed by atoms with Crippen molar-refractivity contribution in [1.29, 1.82) is 5.26 Å². The molecular formula is C36H40ClF2N3O3. The Bertz CT molecular complexity index is 1670. The van der Waals surface area contributed by atoms with Crippen LogP contribution in [0.1, 0.15) is 80.9 Å². The Labute approximate surface area is 269 Å². The van der Waals surface area contributed by atoms with Crippen LogP contribution in [0.25, 0.3) is 0 Å². The molecule has 0 spiro atoms. The van der Waals surface area contributed by atoms with Gasteiger partial charge in [0, 0.05) is 28.5 Å². The van der Waals surface area contributed by atoms with E-state index in [9.17, 15) is 14.9 Å². The third kappa shape index (κ3) is 6.61. The van der Waals surface area contributed by atoms with E-state index in [-0.39, 0.29) is 38.8 Å². The summed E-state index contributed by atoms with van der Waals surface area (Å²) in [4.78, 5) is 27.2. The Balaban J connectivity index is 1.91. The number of anilines is 1. The largest absolute Gasteiger partial charge is 0.495 e. The Morgan fingerprint density at radius 3 is 2.33 bits per heavy atom. The van der Waals surface area contributed by atoms with Crippen LogP contribution in [-0.4, -0.2) is 30.9 Å². The number of ketones is 1. The zero-order chi connectivity index (χ0) is 33.5. The minimum atomic E-state index is -1.70. The number of halogens is 3. The summed E-state index contributed by atoms with van der Waals surface area (Å²) in [5.41, 5.74) is -1.25. The van der Waals surface area contributed by atoms with Gasteiger partial charge in [-0.2, -0.15) is 5.26 Å². The second-order valence-electron chi connectivity index (χ2n) is 14.0. The molecule has 3 aromatic rings. The highest BCUT2D eigenvalue weighted by Gasteiger charge is 2.61. The summed E-state index contributed by atoms with van der Waals surface area (Å²) in [5.74, 6) is -3.02. The van der Waals surface area contributed by atoms with Crippen LogP contribution in [0.4, 0.5) is 14.5 Å². The monoisotopic (exact) mass is 635 g/mol. The van der Waals surface area contributed by atoms with Gasteiger partial charge in [0.2, 0.25) is 5.91 Å². The Morgan fingerprint density at radius 1 is 1.07 bits per heavy atom. The molecule has 1 saturated heterocycles. The van der Waals surface area contributed by atoms with Crippen LogP contribution in [0.3, 0.4) is 0 Å². The molecule has 9 heteroatoms. The number of hydrogen-bond acceptors (Lipinski definition) is 5. The number of carbonyl (C=O) groups excluding carboxylic acids is 2. The molecule has 1 heterocycles. The zero-order valence-electron chi connectivity index (χ0n) is 26.9. The lowest BCUT2D eigenvalue weighted by Crippen LogP contribution is -2.45. The number of ether oxygens (including phenoxy) is 1. The summed E-state index contributed by atoms with van der Waals surface area (Å²) in [5, 5.41) is 17.1. The fourth-order valence-electron chi connectivity index (χ4n) is 6.27. The Kier molecular flexibility index (Phi) is 9.49. The predicted octanol–water partition coefficient (Wildman–Crippen LogP) is 8.12. The van der Waals surface area contributed by atoms with E-state index in [1.54, 1.807) is 43.3 Å². The van der Waals surface area contributed by atoms with Gasteiger partial charge in [0.15, 0.2) is 5.78 Å². The van der Waals surface area contributed by atoms with Crippen molar-refractivity contribution in [2.45, 2.75) is 78.3 Å². The molecule has 1 amide bonds. The summed E-state index contributed by atoms with van der Waals surface area (Å²) in [7, 11) is 1.43. The average molecular weight is 636 g/mol. The number of carbonyl (C=O) groups is 2. The van der Waals surface area contributed by atoms with Crippen LogP contribution in [0, 0.1) is 40.7 Å². The molecule has 1 aliphatic heterocycles. The van der Waals surface area contributed by atoms with Crippen molar-refractivity contribution in [2.75, 3.05) is 12.4 Å². The van der Waals surface area contributed by atoms with E-state index < -0.39 is 46.4 Å². The fourth-order valence-corrected chi connectivity index (χ4v) is 6.45. The molecule has 6 nitrogen and oxygen atoms in total. The number of Topliss-reactive ketones (excluding diaryl/α,β-unsaturated/α-hetero) is 1. The number of methoxy groups -OCH3 is 1. The Morgan fingerprint density at radius 2 is 1.76 bits per heavy atom. The molecule has 0 aromatic heterocycles. The SMILES string of the molecule is COc1cc(C(=O)C(C)(C)C)ccc1NC(=O)[C@@H]1N[C@@H](CC(C)(C)C)[C@](C#N)(c2ccc(C)cc2F)[C@H]1c1cccc(Cl)c1F. The van der Waals surface area contributed by atoms with E-state index in [1.165, 1.54) is 25.3 Å². The molecule has 3 aromatic carbocycles. The molecule has 0 bridgehead atoms. The molecule has 4 atom stereocenters. The fraction of sp³-hybridized carbons (Fsp3) is 0.417. The van der Waals surface area contributed by atoms with Crippen molar-refractivity contribution < 1.29 is 23.1 Å². The van der Waals surface area contributed by atoms with Gasteiger partial charge in [-0.3, -0.25) is 9.59 Å². The van der Waals surface area contributed by atoms with Gasteiger partial charge in [0.05, 0.1) is 29.9 Å². The van der Waals surface area contributed by atoms with Crippen LogP contribution in [0.2, 0.25) is 5.02 Å². The van der Waals surface area contributed by atoms with Gasteiger partial charge in [-0.25, -0.2) is 8.78 Å². The predicted molar refractivity (Wildman–Crippen MR) is 173 cm³/mol. The smallest absolute Gasteiger partial charge is 0.242 e. The number of nitrogens with zero attached hydrogens (tertiary/aromatic N) is 1. The van der Waals surface area contributed by atoms with Crippen molar-refractivity contribution in [3.05, 3.63) is 93.5 Å². The summed E-state index contributed by atoms with van der Waals surface area (Å²) >= 11 is 6.24. The maximum Gasteiger partial charge on any atom is 0.242 e. The summed E-state index contributed by atoms with van der Waals surface area (Å²) in [6, 6.07) is 14.2. The molecule has 0 saturated carbocycles. The molecule has 1 aliphatic rings. The molecule has 45 heavy (non-hydrogen) atoms. The number of benzene rings is 3. The second-order valence-corrected chi connectivity index (χ2v) is 14.4. The first-order chi connectivity index (χ1) is 20.9. The van der Waals surface area contributed by atoms with Gasteiger partial charge in [0.25, 0.3) is 0 Å². The normalized spacial score (nSPS) is 21.7. The lowest BCUT2D eigenvalue weighted by molar-refractivity contribution is -0.118. The van der Waals surface area contributed by atoms with Crippen LogP contribution in [0.5, 0.6) is 5.75 Å². The highest BCUT2D eigenvalue weighted by Crippen LogP contribution is 2.53. The van der Waals surface area contributed by atoms with Crippen molar-refractivity contribution >= 4 is 29.0 Å². The number of nitriles is 1. The van der Waals surface area contributed by atoms with Crippen molar-refractivity contribution in [3.8, 4) is 11.8 Å². The van der Waals surface area contributed by atoms with Gasteiger partial charge < -0.3 is 15.4 Å². The minimum absolute atomic E-state index is 0.0196. The summed E-state index contributed by atoms with van der Waals surface area (Å²) < 4.78 is 37.4. The molecule has 1 fully saturated rings. The quantitative estimate of drug-likeness (QED) is 0.256. The second kappa shape index (κ2) is 12.5. The topological polar surface area (TPSA) is 91.2 Å². The van der Waals surface area contributed by atoms with Crippen LogP contribution in [-0.2, 0) is 10.2 Å². The summed E-state index contributed by atoms with van der Waals surface area (Å²) in [6.45, 7) is 13.1. The number of nitrogens with one attached hydrogen (secondary N) is 2. The van der Waals surface area contributed by atoms with Crippen molar-refractivity contribution in [2.24, 2.45) is 10.8 Å². The van der Waals surface area contributed by atoms with E-state index in [0.717, 1.165) is 0 Å². The van der Waals surface area contributed by atoms with E-state index in [2.05, 4.69) is 16.7 Å². The number of aryl methyl sites for hydroxylation is 1. The van der Waals surface area contributed by atoms with Crippen LogP contribution in [0.15, 0.2) is 54.6 Å². The maximum absolute atomic E-state index is 15.9. The van der Waals surface area contributed by atoms with Gasteiger partial charge in [-0.15, -0.1) is 0 Å².